The number of nitro groups is 1. The maximum Gasteiger partial charge on any atom is 0.434 e. The minimum Gasteiger partial charge on any atom is -0.390 e. The van der Waals surface area contributed by atoms with Crippen LogP contribution < -0.4 is 0 Å². The lowest BCUT2D eigenvalue weighted by Gasteiger charge is -2.19. The third kappa shape index (κ3) is 3.82. The number of nitrogens with zero attached hydrogens (tertiary/aromatic N) is 4. The van der Waals surface area contributed by atoms with Gasteiger partial charge in [0, 0.05) is 5.56 Å². The van der Waals surface area contributed by atoms with Gasteiger partial charge in [-0.2, -0.15) is 0 Å². The smallest absolute Gasteiger partial charge is 0.390 e. The van der Waals surface area contributed by atoms with Gasteiger partial charge in [-0.05, 0) is 23.5 Å². The van der Waals surface area contributed by atoms with E-state index in [1.165, 1.54) is 12.4 Å². The van der Waals surface area contributed by atoms with Crippen LogP contribution in [0.2, 0.25) is 0 Å². The monoisotopic (exact) mass is 332 g/mol. The molecule has 2 rings (SSSR count). The first kappa shape index (κ1) is 17.3. The molecule has 1 unspecified atom stereocenters. The molecule has 2 amide bonds. The Balaban J connectivity index is 2.08. The molecule has 0 aliphatic carbocycles. The van der Waals surface area contributed by atoms with E-state index in [2.05, 4.69) is 4.98 Å². The number of hydrogen-bond acceptors (Lipinski definition) is 6. The van der Waals surface area contributed by atoms with Crippen molar-refractivity contribution in [2.75, 3.05) is 6.54 Å². The first-order valence-corrected chi connectivity index (χ1v) is 7.09. The number of carbonyl (C=O) groups excluding carboxylic acids is 2. The standard InChI is InChI=1S/C15H16N4O5/c1-11-4-2-3-5-13(11)14(22)18(10-20)9-12(21)8-17-7-6-16-15(17)19(23)24/h2-7,10,12,21H,8-9H2,1H3. The van der Waals surface area contributed by atoms with Crippen molar-refractivity contribution < 1.29 is 19.6 Å². The van der Waals surface area contributed by atoms with Crippen molar-refractivity contribution in [1.29, 1.82) is 0 Å². The molecule has 0 radical (unpaired) electrons. The summed E-state index contributed by atoms with van der Waals surface area (Å²) >= 11 is 0. The van der Waals surface area contributed by atoms with Gasteiger partial charge in [-0.25, -0.2) is 4.57 Å². The van der Waals surface area contributed by atoms with E-state index in [4.69, 9.17) is 0 Å². The predicted octanol–water partition coefficient (Wildman–Crippen LogP) is 0.759. The first-order valence-electron chi connectivity index (χ1n) is 7.09. The van der Waals surface area contributed by atoms with Crippen LogP contribution in [0.1, 0.15) is 15.9 Å². The molecule has 0 fully saturated rings. The molecule has 9 heteroatoms. The molecule has 1 atom stereocenters. The molecule has 0 bridgehead atoms. The van der Waals surface area contributed by atoms with E-state index in [9.17, 15) is 24.8 Å². The fourth-order valence-corrected chi connectivity index (χ4v) is 2.27. The number of imide groups is 1. The van der Waals surface area contributed by atoms with E-state index in [1.807, 2.05) is 0 Å². The highest BCUT2D eigenvalue weighted by Gasteiger charge is 2.23. The van der Waals surface area contributed by atoms with Crippen LogP contribution in [0, 0.1) is 17.0 Å². The normalized spacial score (nSPS) is 11.8. The minimum absolute atomic E-state index is 0.165. The molecule has 0 aliphatic rings. The second-order valence-corrected chi connectivity index (χ2v) is 5.17. The molecule has 0 saturated carbocycles. The Hall–Kier alpha value is -3.07. The van der Waals surface area contributed by atoms with Crippen LogP contribution >= 0.6 is 0 Å². The van der Waals surface area contributed by atoms with Crippen molar-refractivity contribution >= 4 is 18.3 Å². The van der Waals surface area contributed by atoms with Crippen LogP contribution in [-0.2, 0) is 11.3 Å². The second-order valence-electron chi connectivity index (χ2n) is 5.17. The molecule has 126 valence electrons. The van der Waals surface area contributed by atoms with Gasteiger partial charge in [-0.1, -0.05) is 23.2 Å². The largest absolute Gasteiger partial charge is 0.434 e. The fourth-order valence-electron chi connectivity index (χ4n) is 2.27. The molecule has 0 spiro atoms. The quantitative estimate of drug-likeness (QED) is 0.454. The van der Waals surface area contributed by atoms with Gasteiger partial charge in [-0.15, -0.1) is 0 Å². The zero-order chi connectivity index (χ0) is 17.7. The van der Waals surface area contributed by atoms with E-state index < -0.39 is 22.9 Å². The third-order valence-electron chi connectivity index (χ3n) is 3.44. The van der Waals surface area contributed by atoms with E-state index in [0.29, 0.717) is 17.5 Å². The van der Waals surface area contributed by atoms with Gasteiger partial charge in [0.25, 0.3) is 5.91 Å². The number of imidazole rings is 1. The Kier molecular flexibility index (Phi) is 5.38. The Morgan fingerprint density at radius 3 is 2.83 bits per heavy atom. The second kappa shape index (κ2) is 7.47. The number of benzene rings is 1. The summed E-state index contributed by atoms with van der Waals surface area (Å²) in [7, 11) is 0. The molecule has 24 heavy (non-hydrogen) atoms. The van der Waals surface area contributed by atoms with Gasteiger partial charge in [0.2, 0.25) is 6.41 Å². The zero-order valence-corrected chi connectivity index (χ0v) is 12.9. The summed E-state index contributed by atoms with van der Waals surface area (Å²) in [6, 6.07) is 6.77. The molecule has 1 aromatic heterocycles. The van der Waals surface area contributed by atoms with Crippen molar-refractivity contribution in [3.8, 4) is 0 Å². The Morgan fingerprint density at radius 1 is 1.50 bits per heavy atom. The summed E-state index contributed by atoms with van der Waals surface area (Å²) in [5.41, 5.74) is 1.06. The average Bonchev–Trinajstić information content (AvgIpc) is 3.00. The molecule has 9 nitrogen and oxygen atoms in total. The van der Waals surface area contributed by atoms with Crippen LogP contribution in [0.4, 0.5) is 5.95 Å². The Bertz CT molecular complexity index is 758. The van der Waals surface area contributed by atoms with Crippen molar-refractivity contribution in [3.05, 3.63) is 57.9 Å². The van der Waals surface area contributed by atoms with Gasteiger partial charge in [0.05, 0.1) is 13.1 Å². The van der Waals surface area contributed by atoms with Crippen LogP contribution in [-0.4, -0.2) is 49.4 Å². The van der Waals surface area contributed by atoms with Crippen molar-refractivity contribution in [3.63, 3.8) is 0 Å². The summed E-state index contributed by atoms with van der Waals surface area (Å²) < 4.78 is 1.14. The number of rotatable bonds is 7. The van der Waals surface area contributed by atoms with E-state index >= 15 is 0 Å². The van der Waals surface area contributed by atoms with E-state index in [-0.39, 0.29) is 13.1 Å². The first-order chi connectivity index (χ1) is 11.4. The molecular weight excluding hydrogens is 316 g/mol. The van der Waals surface area contributed by atoms with Gasteiger partial charge >= 0.3 is 5.95 Å². The number of aliphatic hydroxyl groups is 1. The maximum absolute atomic E-state index is 12.4. The molecule has 1 heterocycles. The van der Waals surface area contributed by atoms with E-state index in [1.54, 1.807) is 31.2 Å². The summed E-state index contributed by atoms with van der Waals surface area (Å²) in [6.45, 7) is 1.29. The summed E-state index contributed by atoms with van der Waals surface area (Å²) in [5, 5.41) is 20.9. The van der Waals surface area contributed by atoms with Gasteiger partial charge in [0.1, 0.15) is 18.5 Å². The number of aryl methyl sites for hydroxylation is 1. The van der Waals surface area contributed by atoms with Crippen LogP contribution in [0.5, 0.6) is 0 Å². The lowest BCUT2D eigenvalue weighted by Crippen LogP contribution is -2.38. The van der Waals surface area contributed by atoms with Gasteiger partial charge in [-0.3, -0.25) is 14.5 Å². The van der Waals surface area contributed by atoms with Gasteiger partial charge in [0.15, 0.2) is 0 Å². The number of aromatic nitrogens is 2. The van der Waals surface area contributed by atoms with Crippen molar-refractivity contribution in [2.45, 2.75) is 19.6 Å². The Morgan fingerprint density at radius 2 is 2.21 bits per heavy atom. The maximum atomic E-state index is 12.4. The number of aliphatic hydroxyl groups excluding tert-OH is 1. The number of amides is 2. The number of hydrogen-bond donors (Lipinski definition) is 1. The van der Waals surface area contributed by atoms with Gasteiger partial charge < -0.3 is 15.2 Å². The minimum atomic E-state index is -1.17. The lowest BCUT2D eigenvalue weighted by atomic mass is 10.1. The summed E-state index contributed by atoms with van der Waals surface area (Å²) in [6.07, 6.45) is 1.74. The third-order valence-corrected chi connectivity index (χ3v) is 3.44. The molecule has 1 aromatic carbocycles. The lowest BCUT2D eigenvalue weighted by molar-refractivity contribution is -0.397. The Labute approximate surface area is 137 Å². The molecule has 0 aliphatic heterocycles. The SMILES string of the molecule is Cc1ccccc1C(=O)N(C=O)CC(O)Cn1ccnc1[N+](=O)[O-]. The molecule has 0 saturated heterocycles. The van der Waals surface area contributed by atoms with Crippen molar-refractivity contribution in [1.82, 2.24) is 14.5 Å². The predicted molar refractivity (Wildman–Crippen MR) is 83.2 cm³/mol. The highest BCUT2D eigenvalue weighted by Crippen LogP contribution is 2.12. The zero-order valence-electron chi connectivity index (χ0n) is 12.9. The van der Waals surface area contributed by atoms with Crippen LogP contribution in [0.15, 0.2) is 36.7 Å². The fraction of sp³-hybridized carbons (Fsp3) is 0.267. The molecule has 1 N–H and O–H groups in total. The highest BCUT2D eigenvalue weighted by atomic mass is 16.6. The molecule has 2 aromatic rings. The topological polar surface area (TPSA) is 119 Å². The summed E-state index contributed by atoms with van der Waals surface area (Å²) in [5.74, 6) is -0.959. The van der Waals surface area contributed by atoms with Crippen LogP contribution in [0.3, 0.4) is 0 Å². The highest BCUT2D eigenvalue weighted by molar-refractivity contribution is 6.00. The molecular formula is C15H16N4O5. The van der Waals surface area contributed by atoms with Crippen LogP contribution in [0.25, 0.3) is 0 Å². The van der Waals surface area contributed by atoms with Crippen molar-refractivity contribution in [2.24, 2.45) is 0 Å². The number of carbonyl (C=O) groups is 2. The van der Waals surface area contributed by atoms with E-state index in [0.717, 1.165) is 9.47 Å². The summed E-state index contributed by atoms with van der Waals surface area (Å²) in [4.78, 5) is 38.1. The average molecular weight is 332 g/mol.